The Morgan fingerprint density at radius 3 is 2.65 bits per heavy atom. The molecule has 0 spiro atoms. The highest BCUT2D eigenvalue weighted by Gasteiger charge is 2.03. The summed E-state index contributed by atoms with van der Waals surface area (Å²) in [5.41, 5.74) is 0. The second-order valence-corrected chi connectivity index (χ2v) is 7.70. The third-order valence-corrected chi connectivity index (χ3v) is 3.99. The Labute approximate surface area is 141 Å². The lowest BCUT2D eigenvalue weighted by Gasteiger charge is -2.10. The second kappa shape index (κ2) is 9.50. The molecule has 9 heteroatoms. The van der Waals surface area contributed by atoms with Gasteiger partial charge in [0.1, 0.15) is 14.8 Å². The molecule has 0 atom stereocenters. The van der Waals surface area contributed by atoms with E-state index in [1.807, 2.05) is 20.0 Å². The average molecular weight is 432 g/mol. The molecule has 0 aliphatic carbocycles. The summed E-state index contributed by atoms with van der Waals surface area (Å²) < 4.78 is 22.1. The number of aliphatic imine (C=N–C) groups is 1. The highest BCUT2D eigenvalue weighted by atomic mass is 127. The monoisotopic (exact) mass is 432 g/mol. The van der Waals surface area contributed by atoms with Crippen molar-refractivity contribution in [2.45, 2.75) is 20.4 Å². The van der Waals surface area contributed by atoms with E-state index in [4.69, 9.17) is 0 Å². The first-order valence-electron chi connectivity index (χ1n) is 6.02. The highest BCUT2D eigenvalue weighted by Crippen LogP contribution is 2.11. The van der Waals surface area contributed by atoms with Crippen molar-refractivity contribution >= 4 is 51.1 Å². The minimum Gasteiger partial charge on any atom is -0.357 e. The van der Waals surface area contributed by atoms with Crippen LogP contribution in [0.15, 0.2) is 11.2 Å². The molecule has 0 saturated carbocycles. The Balaban J connectivity index is 0.00000361. The van der Waals surface area contributed by atoms with Crippen molar-refractivity contribution in [3.05, 3.63) is 16.1 Å². The number of aromatic nitrogens is 1. The lowest BCUT2D eigenvalue weighted by molar-refractivity contribution is 0.600. The smallest absolute Gasteiger partial charge is 0.191 e. The van der Waals surface area contributed by atoms with Gasteiger partial charge in [0.2, 0.25) is 0 Å². The molecule has 2 N–H and O–H groups in total. The number of thiazole rings is 1. The fourth-order valence-corrected chi connectivity index (χ4v) is 2.50. The van der Waals surface area contributed by atoms with Gasteiger partial charge in [-0.2, -0.15) is 0 Å². The van der Waals surface area contributed by atoms with Gasteiger partial charge in [-0.1, -0.05) is 0 Å². The topological polar surface area (TPSA) is 83.4 Å². The molecular weight excluding hydrogens is 411 g/mol. The molecule has 116 valence electrons. The SMILES string of the molecule is CCNC(=NCc1ncc(C)s1)NCCS(C)(=O)=O.I. The summed E-state index contributed by atoms with van der Waals surface area (Å²) in [5.74, 6) is 0.701. The van der Waals surface area contributed by atoms with E-state index in [0.717, 1.165) is 16.4 Å². The van der Waals surface area contributed by atoms with Crippen LogP contribution in [0.1, 0.15) is 16.8 Å². The van der Waals surface area contributed by atoms with E-state index in [0.29, 0.717) is 19.0 Å². The van der Waals surface area contributed by atoms with Gasteiger partial charge in [0.15, 0.2) is 5.96 Å². The number of halogens is 1. The molecule has 1 aromatic heterocycles. The van der Waals surface area contributed by atoms with Crippen LogP contribution in [0, 0.1) is 6.92 Å². The Kier molecular flexibility index (Phi) is 9.30. The van der Waals surface area contributed by atoms with Crippen molar-refractivity contribution in [2.75, 3.05) is 25.1 Å². The largest absolute Gasteiger partial charge is 0.357 e. The van der Waals surface area contributed by atoms with Gasteiger partial charge in [0.25, 0.3) is 0 Å². The van der Waals surface area contributed by atoms with Crippen LogP contribution >= 0.6 is 35.3 Å². The number of hydrogen-bond acceptors (Lipinski definition) is 5. The lowest BCUT2D eigenvalue weighted by Crippen LogP contribution is -2.39. The summed E-state index contributed by atoms with van der Waals surface area (Å²) in [6.45, 7) is 5.53. The van der Waals surface area contributed by atoms with Crippen LogP contribution < -0.4 is 10.6 Å². The fourth-order valence-electron chi connectivity index (χ4n) is 1.32. The number of hydrogen-bond donors (Lipinski definition) is 2. The maximum Gasteiger partial charge on any atom is 0.191 e. The Morgan fingerprint density at radius 2 is 2.15 bits per heavy atom. The van der Waals surface area contributed by atoms with Gasteiger partial charge in [-0.3, -0.25) is 0 Å². The molecule has 6 nitrogen and oxygen atoms in total. The summed E-state index contributed by atoms with van der Waals surface area (Å²) >= 11 is 1.61. The van der Waals surface area contributed by atoms with Crippen molar-refractivity contribution < 1.29 is 8.42 Å². The van der Waals surface area contributed by atoms with Crippen molar-refractivity contribution in [3.8, 4) is 0 Å². The molecule has 0 radical (unpaired) electrons. The summed E-state index contributed by atoms with van der Waals surface area (Å²) in [6, 6.07) is 0. The van der Waals surface area contributed by atoms with Gasteiger partial charge in [-0.05, 0) is 13.8 Å². The predicted molar refractivity (Wildman–Crippen MR) is 94.8 cm³/mol. The van der Waals surface area contributed by atoms with Crippen molar-refractivity contribution in [1.29, 1.82) is 0 Å². The zero-order valence-corrected chi connectivity index (χ0v) is 15.8. The van der Waals surface area contributed by atoms with Crippen LogP contribution in [-0.4, -0.2) is 44.5 Å². The Bertz CT molecular complexity index is 528. The number of nitrogens with zero attached hydrogens (tertiary/aromatic N) is 2. The van der Waals surface area contributed by atoms with E-state index < -0.39 is 9.84 Å². The molecular formula is C11H21IN4O2S2. The summed E-state index contributed by atoms with van der Waals surface area (Å²) in [7, 11) is -2.95. The van der Waals surface area contributed by atoms with Gasteiger partial charge in [0, 0.05) is 30.4 Å². The van der Waals surface area contributed by atoms with Gasteiger partial charge < -0.3 is 10.6 Å². The maximum atomic E-state index is 11.0. The standard InChI is InChI=1S/C11H20N4O2S2.HI/c1-4-12-11(13-5-6-19(3,16)17)15-8-10-14-7-9(2)18-10;/h7H,4-6,8H2,1-3H3,(H2,12,13,15);1H. The Morgan fingerprint density at radius 1 is 1.45 bits per heavy atom. The van der Waals surface area contributed by atoms with Crippen LogP contribution in [0.4, 0.5) is 0 Å². The normalized spacial score (nSPS) is 11.8. The molecule has 0 amide bonds. The van der Waals surface area contributed by atoms with Crippen molar-refractivity contribution in [3.63, 3.8) is 0 Å². The quantitative estimate of drug-likeness (QED) is 0.401. The van der Waals surface area contributed by atoms with E-state index in [9.17, 15) is 8.42 Å². The number of rotatable bonds is 6. The van der Waals surface area contributed by atoms with Crippen LogP contribution in [0.2, 0.25) is 0 Å². The number of sulfone groups is 1. The first kappa shape index (κ1) is 19.6. The molecule has 0 saturated heterocycles. The average Bonchev–Trinajstić information content (AvgIpc) is 2.70. The molecule has 20 heavy (non-hydrogen) atoms. The highest BCUT2D eigenvalue weighted by molar-refractivity contribution is 14.0. The van der Waals surface area contributed by atoms with E-state index in [1.165, 1.54) is 6.26 Å². The minimum absolute atomic E-state index is 0. The number of guanidine groups is 1. The molecule has 1 heterocycles. The van der Waals surface area contributed by atoms with E-state index in [2.05, 4.69) is 20.6 Å². The van der Waals surface area contributed by atoms with Crippen LogP contribution in [0.3, 0.4) is 0 Å². The van der Waals surface area contributed by atoms with Crippen LogP contribution in [-0.2, 0) is 16.4 Å². The van der Waals surface area contributed by atoms with Crippen molar-refractivity contribution in [2.24, 2.45) is 4.99 Å². The summed E-state index contributed by atoms with van der Waals surface area (Å²) in [6.07, 6.45) is 3.04. The lowest BCUT2D eigenvalue weighted by atomic mass is 10.6. The first-order valence-corrected chi connectivity index (χ1v) is 8.89. The zero-order valence-electron chi connectivity index (χ0n) is 11.8. The molecule has 0 fully saturated rings. The first-order chi connectivity index (χ1) is 8.90. The molecule has 0 aromatic carbocycles. The van der Waals surface area contributed by atoms with E-state index in [1.54, 1.807) is 11.3 Å². The molecule has 0 bridgehead atoms. The number of nitrogens with one attached hydrogen (secondary N) is 2. The molecule has 0 aliphatic heterocycles. The molecule has 0 unspecified atom stereocenters. The Hall–Kier alpha value is -0.420. The summed E-state index contributed by atoms with van der Waals surface area (Å²) in [4.78, 5) is 9.74. The summed E-state index contributed by atoms with van der Waals surface area (Å²) in [5, 5.41) is 7.00. The number of aryl methyl sites for hydroxylation is 1. The maximum absolute atomic E-state index is 11.0. The molecule has 0 aliphatic rings. The van der Waals surface area contributed by atoms with Gasteiger partial charge in [-0.25, -0.2) is 18.4 Å². The van der Waals surface area contributed by atoms with E-state index >= 15 is 0 Å². The molecule has 1 aromatic rings. The fraction of sp³-hybridized carbons (Fsp3) is 0.636. The van der Waals surface area contributed by atoms with Gasteiger partial charge >= 0.3 is 0 Å². The van der Waals surface area contributed by atoms with Crippen LogP contribution in [0.25, 0.3) is 0 Å². The van der Waals surface area contributed by atoms with Crippen molar-refractivity contribution in [1.82, 2.24) is 15.6 Å². The van der Waals surface area contributed by atoms with Gasteiger partial charge in [-0.15, -0.1) is 35.3 Å². The predicted octanol–water partition coefficient (Wildman–Crippen LogP) is 1.17. The van der Waals surface area contributed by atoms with E-state index in [-0.39, 0.29) is 29.7 Å². The third kappa shape index (κ3) is 8.69. The molecule has 1 rings (SSSR count). The van der Waals surface area contributed by atoms with Crippen LogP contribution in [0.5, 0.6) is 0 Å². The second-order valence-electron chi connectivity index (χ2n) is 4.12. The van der Waals surface area contributed by atoms with Gasteiger partial charge in [0.05, 0.1) is 12.3 Å². The third-order valence-electron chi connectivity index (χ3n) is 2.15. The zero-order chi connectivity index (χ0) is 14.3. The minimum atomic E-state index is -2.95.